The van der Waals surface area contributed by atoms with E-state index in [2.05, 4.69) is 11.1 Å². The molecular formula is C15H14N2O2S. The van der Waals surface area contributed by atoms with E-state index >= 15 is 0 Å². The Morgan fingerprint density at radius 3 is 2.85 bits per heavy atom. The van der Waals surface area contributed by atoms with E-state index in [1.54, 1.807) is 0 Å². The number of carbonyl (C=O) groups excluding carboxylic acids is 1. The standard InChI is InChI=1S/C15H14N2O2S/c16-10-15(7-3-4-8-15)14(18)19-9-13-17-11-5-1-2-6-12(11)20-13/h1-2,5-6H,3-4,7-9H2. The summed E-state index contributed by atoms with van der Waals surface area (Å²) in [5.41, 5.74) is -0.00384. The van der Waals surface area contributed by atoms with Crippen LogP contribution in [0.25, 0.3) is 10.2 Å². The van der Waals surface area contributed by atoms with Crippen LogP contribution in [0.2, 0.25) is 0 Å². The third kappa shape index (κ3) is 2.27. The van der Waals surface area contributed by atoms with Crippen LogP contribution < -0.4 is 0 Å². The molecule has 0 amide bonds. The number of benzene rings is 1. The van der Waals surface area contributed by atoms with Crippen LogP contribution in [0, 0.1) is 16.7 Å². The van der Waals surface area contributed by atoms with Gasteiger partial charge in [0, 0.05) is 0 Å². The Labute approximate surface area is 121 Å². The highest BCUT2D eigenvalue weighted by Crippen LogP contribution is 2.38. The van der Waals surface area contributed by atoms with E-state index in [9.17, 15) is 10.1 Å². The van der Waals surface area contributed by atoms with Gasteiger partial charge in [-0.05, 0) is 25.0 Å². The van der Waals surface area contributed by atoms with Gasteiger partial charge in [0.05, 0.1) is 16.3 Å². The molecule has 3 rings (SSSR count). The molecule has 0 saturated heterocycles. The second kappa shape index (κ2) is 5.22. The Morgan fingerprint density at radius 1 is 1.40 bits per heavy atom. The van der Waals surface area contributed by atoms with Crippen molar-refractivity contribution in [1.82, 2.24) is 4.98 Å². The van der Waals surface area contributed by atoms with Crippen LogP contribution in [0.15, 0.2) is 24.3 Å². The summed E-state index contributed by atoms with van der Waals surface area (Å²) >= 11 is 1.52. The minimum Gasteiger partial charge on any atom is -0.457 e. The van der Waals surface area contributed by atoms with E-state index < -0.39 is 11.4 Å². The predicted molar refractivity (Wildman–Crippen MR) is 75.9 cm³/mol. The van der Waals surface area contributed by atoms with Gasteiger partial charge < -0.3 is 4.74 Å². The number of carbonyl (C=O) groups is 1. The van der Waals surface area contributed by atoms with Crippen molar-refractivity contribution in [2.24, 2.45) is 5.41 Å². The Kier molecular flexibility index (Phi) is 3.41. The first-order valence-electron chi connectivity index (χ1n) is 6.66. The fourth-order valence-corrected chi connectivity index (χ4v) is 3.47. The van der Waals surface area contributed by atoms with Gasteiger partial charge in [0.15, 0.2) is 5.41 Å². The van der Waals surface area contributed by atoms with E-state index in [1.165, 1.54) is 11.3 Å². The van der Waals surface area contributed by atoms with Gasteiger partial charge in [-0.2, -0.15) is 5.26 Å². The SMILES string of the molecule is N#CC1(C(=O)OCc2nc3ccccc3s2)CCCC1. The number of esters is 1. The summed E-state index contributed by atoms with van der Waals surface area (Å²) in [6.07, 6.45) is 3.07. The molecule has 1 saturated carbocycles. The second-order valence-corrected chi connectivity index (χ2v) is 6.17. The topological polar surface area (TPSA) is 63.0 Å². The zero-order chi connectivity index (χ0) is 14.0. The number of hydrogen-bond donors (Lipinski definition) is 0. The molecule has 5 heteroatoms. The van der Waals surface area contributed by atoms with Gasteiger partial charge in [0.1, 0.15) is 11.6 Å². The molecule has 20 heavy (non-hydrogen) atoms. The van der Waals surface area contributed by atoms with Crippen molar-refractivity contribution < 1.29 is 9.53 Å². The zero-order valence-corrected chi connectivity index (χ0v) is 11.8. The highest BCUT2D eigenvalue weighted by atomic mass is 32.1. The molecule has 2 aromatic rings. The number of para-hydroxylation sites is 1. The molecule has 1 aromatic carbocycles. The molecule has 1 aromatic heterocycles. The van der Waals surface area contributed by atoms with Crippen molar-refractivity contribution in [3.63, 3.8) is 0 Å². The molecule has 102 valence electrons. The van der Waals surface area contributed by atoms with Crippen LogP contribution in [0.4, 0.5) is 0 Å². The first-order chi connectivity index (χ1) is 9.73. The number of rotatable bonds is 3. The van der Waals surface area contributed by atoms with Crippen LogP contribution in [0.5, 0.6) is 0 Å². The smallest absolute Gasteiger partial charge is 0.326 e. The number of fused-ring (bicyclic) bond motifs is 1. The Bertz CT molecular complexity index is 647. The summed E-state index contributed by atoms with van der Waals surface area (Å²) in [5.74, 6) is -0.392. The maximum atomic E-state index is 12.1. The van der Waals surface area contributed by atoms with Crippen molar-refractivity contribution in [2.75, 3.05) is 0 Å². The number of nitrogens with zero attached hydrogens (tertiary/aromatic N) is 2. The minimum atomic E-state index is -0.920. The largest absolute Gasteiger partial charge is 0.457 e. The minimum absolute atomic E-state index is 0.154. The molecule has 0 N–H and O–H groups in total. The van der Waals surface area contributed by atoms with Gasteiger partial charge in [-0.25, -0.2) is 4.98 Å². The number of aromatic nitrogens is 1. The molecule has 0 spiro atoms. The van der Waals surface area contributed by atoms with Crippen LogP contribution in [0.3, 0.4) is 0 Å². The van der Waals surface area contributed by atoms with Crippen molar-refractivity contribution in [2.45, 2.75) is 32.3 Å². The van der Waals surface area contributed by atoms with Crippen molar-refractivity contribution in [1.29, 1.82) is 5.26 Å². The van der Waals surface area contributed by atoms with Gasteiger partial charge in [-0.3, -0.25) is 4.79 Å². The van der Waals surface area contributed by atoms with Crippen molar-refractivity contribution in [3.8, 4) is 6.07 Å². The maximum absolute atomic E-state index is 12.1. The van der Waals surface area contributed by atoms with E-state index in [0.29, 0.717) is 12.8 Å². The number of hydrogen-bond acceptors (Lipinski definition) is 5. The Hall–Kier alpha value is -1.93. The molecule has 0 unspecified atom stereocenters. The quantitative estimate of drug-likeness (QED) is 0.811. The molecule has 0 radical (unpaired) electrons. The van der Waals surface area contributed by atoms with Crippen LogP contribution in [0.1, 0.15) is 30.7 Å². The fraction of sp³-hybridized carbons (Fsp3) is 0.400. The van der Waals surface area contributed by atoms with Crippen LogP contribution >= 0.6 is 11.3 Å². The van der Waals surface area contributed by atoms with Gasteiger partial charge in [-0.1, -0.05) is 25.0 Å². The highest BCUT2D eigenvalue weighted by Gasteiger charge is 2.43. The maximum Gasteiger partial charge on any atom is 0.326 e. The lowest BCUT2D eigenvalue weighted by molar-refractivity contribution is -0.153. The molecule has 1 aliphatic rings. The fourth-order valence-electron chi connectivity index (χ4n) is 2.59. The average Bonchev–Trinajstić information content (AvgIpc) is 3.11. The van der Waals surface area contributed by atoms with Crippen molar-refractivity contribution >= 4 is 27.5 Å². The monoisotopic (exact) mass is 286 g/mol. The summed E-state index contributed by atoms with van der Waals surface area (Å²) in [7, 11) is 0. The third-order valence-corrected chi connectivity index (χ3v) is 4.74. The predicted octanol–water partition coefficient (Wildman–Crippen LogP) is 3.42. The number of ether oxygens (including phenoxy) is 1. The lowest BCUT2D eigenvalue weighted by atomic mass is 9.88. The molecule has 1 heterocycles. The second-order valence-electron chi connectivity index (χ2n) is 5.05. The van der Waals surface area contributed by atoms with E-state index in [1.807, 2.05) is 24.3 Å². The molecule has 0 atom stereocenters. The number of nitriles is 1. The van der Waals surface area contributed by atoms with E-state index in [0.717, 1.165) is 28.1 Å². The van der Waals surface area contributed by atoms with E-state index in [-0.39, 0.29) is 6.61 Å². The summed E-state index contributed by atoms with van der Waals surface area (Å²) in [6, 6.07) is 9.97. The van der Waals surface area contributed by atoms with Gasteiger partial charge >= 0.3 is 5.97 Å². The lowest BCUT2D eigenvalue weighted by Gasteiger charge is -2.17. The molecular weight excluding hydrogens is 272 g/mol. The molecule has 4 nitrogen and oxygen atoms in total. The summed E-state index contributed by atoms with van der Waals surface area (Å²) in [5, 5.41) is 10.0. The summed E-state index contributed by atoms with van der Waals surface area (Å²) in [6.45, 7) is 0.154. The molecule has 0 aliphatic heterocycles. The first kappa shape index (κ1) is 13.1. The number of thiazole rings is 1. The van der Waals surface area contributed by atoms with Crippen LogP contribution in [-0.4, -0.2) is 11.0 Å². The Morgan fingerprint density at radius 2 is 2.15 bits per heavy atom. The zero-order valence-electron chi connectivity index (χ0n) is 11.0. The third-order valence-electron chi connectivity index (χ3n) is 3.73. The lowest BCUT2D eigenvalue weighted by Crippen LogP contribution is -2.28. The highest BCUT2D eigenvalue weighted by molar-refractivity contribution is 7.18. The normalized spacial score (nSPS) is 16.9. The van der Waals surface area contributed by atoms with Gasteiger partial charge in [0.2, 0.25) is 0 Å². The van der Waals surface area contributed by atoms with Gasteiger partial charge in [0.25, 0.3) is 0 Å². The molecule has 1 fully saturated rings. The molecule has 0 bridgehead atoms. The summed E-state index contributed by atoms with van der Waals surface area (Å²) in [4.78, 5) is 16.5. The van der Waals surface area contributed by atoms with E-state index in [4.69, 9.17) is 4.74 Å². The van der Waals surface area contributed by atoms with Gasteiger partial charge in [-0.15, -0.1) is 11.3 Å². The average molecular weight is 286 g/mol. The van der Waals surface area contributed by atoms with Crippen LogP contribution in [-0.2, 0) is 16.1 Å². The first-order valence-corrected chi connectivity index (χ1v) is 7.48. The summed E-state index contributed by atoms with van der Waals surface area (Å²) < 4.78 is 6.40. The van der Waals surface area contributed by atoms with Crippen molar-refractivity contribution in [3.05, 3.63) is 29.3 Å². The molecule has 1 aliphatic carbocycles. The Balaban J connectivity index is 1.70.